The van der Waals surface area contributed by atoms with Gasteiger partial charge in [0.2, 0.25) is 5.91 Å². The molecule has 1 heterocycles. The minimum Gasteiger partial charge on any atom is -0.497 e. The van der Waals surface area contributed by atoms with Gasteiger partial charge in [0.15, 0.2) is 15.6 Å². The fourth-order valence-corrected chi connectivity index (χ4v) is 5.71. The van der Waals surface area contributed by atoms with E-state index in [1.807, 2.05) is 24.3 Å². The Kier molecular flexibility index (Phi) is 7.42. The highest BCUT2D eigenvalue weighted by atomic mass is 32.2. The zero-order chi connectivity index (χ0) is 25.9. The number of carbonyl (C=O) groups is 2. The summed E-state index contributed by atoms with van der Waals surface area (Å²) >= 11 is 0. The van der Waals surface area contributed by atoms with E-state index in [1.165, 1.54) is 23.1 Å². The summed E-state index contributed by atoms with van der Waals surface area (Å²) in [7, 11) is -0.685. The molecular weight excluding hydrogens is 480 g/mol. The van der Waals surface area contributed by atoms with Gasteiger partial charge in [-0.2, -0.15) is 0 Å². The number of rotatable bonds is 8. The first-order valence-corrected chi connectivity index (χ1v) is 13.1. The van der Waals surface area contributed by atoms with Crippen molar-refractivity contribution in [2.75, 3.05) is 24.9 Å². The quantitative estimate of drug-likeness (QED) is 0.465. The summed E-state index contributed by atoms with van der Waals surface area (Å²) in [5.41, 5.74) is 8.22. The van der Waals surface area contributed by atoms with E-state index in [9.17, 15) is 18.0 Å². The van der Waals surface area contributed by atoms with Gasteiger partial charge in [-0.25, -0.2) is 8.42 Å². The van der Waals surface area contributed by atoms with Crippen LogP contribution in [0.2, 0.25) is 0 Å². The van der Waals surface area contributed by atoms with Crippen molar-refractivity contribution in [1.82, 2.24) is 0 Å². The molecule has 0 fully saturated rings. The Morgan fingerprint density at radius 1 is 0.944 bits per heavy atom. The van der Waals surface area contributed by atoms with Crippen LogP contribution in [0.3, 0.4) is 0 Å². The van der Waals surface area contributed by atoms with Crippen molar-refractivity contribution in [2.24, 2.45) is 5.73 Å². The molecule has 3 aromatic carbocycles. The van der Waals surface area contributed by atoms with Gasteiger partial charge in [-0.15, -0.1) is 0 Å². The highest BCUT2D eigenvalue weighted by molar-refractivity contribution is 7.91. The van der Waals surface area contributed by atoms with Gasteiger partial charge in [0.05, 0.1) is 43.1 Å². The second-order valence-corrected chi connectivity index (χ2v) is 10.6. The summed E-state index contributed by atoms with van der Waals surface area (Å²) in [6, 6.07) is 17.7. The van der Waals surface area contributed by atoms with Crippen molar-refractivity contribution in [2.45, 2.75) is 30.3 Å². The summed E-state index contributed by atoms with van der Waals surface area (Å²) in [5, 5.41) is 0. The van der Waals surface area contributed by atoms with E-state index in [2.05, 4.69) is 0 Å². The van der Waals surface area contributed by atoms with Crippen LogP contribution in [0.4, 0.5) is 5.69 Å². The number of aryl methyl sites for hydroxylation is 1. The number of nitrogens with zero attached hydrogens (tertiary/aromatic N) is 1. The van der Waals surface area contributed by atoms with Crippen LogP contribution < -0.4 is 20.1 Å². The van der Waals surface area contributed by atoms with Gasteiger partial charge in [0.1, 0.15) is 11.5 Å². The molecule has 36 heavy (non-hydrogen) atoms. The molecule has 0 aromatic heterocycles. The van der Waals surface area contributed by atoms with E-state index in [4.69, 9.17) is 15.2 Å². The van der Waals surface area contributed by atoms with Gasteiger partial charge < -0.3 is 20.1 Å². The Labute approximate surface area is 210 Å². The van der Waals surface area contributed by atoms with Crippen LogP contribution in [0, 0.1) is 0 Å². The standard InChI is InChI=1S/C27H28N2O6S/c1-34-21-9-3-18(4-10-21)7-13-25(30)20-8-14-26-24(15-20)29(27(31)23(28)17-36(26,32)33)16-19-5-11-22(35-2)12-6-19/h3-6,8-12,14-15,23H,7,13,16-17,28H2,1-2H3/t23-/m0/s1. The molecule has 2 N–H and O–H groups in total. The van der Waals surface area contributed by atoms with Gasteiger partial charge in [-0.1, -0.05) is 24.3 Å². The number of fused-ring (bicyclic) bond motifs is 1. The van der Waals surface area contributed by atoms with Crippen LogP contribution in [0.25, 0.3) is 0 Å². The maximum absolute atomic E-state index is 13.2. The highest BCUT2D eigenvalue weighted by Crippen LogP contribution is 2.33. The molecule has 0 radical (unpaired) electrons. The number of ketones is 1. The molecule has 0 saturated heterocycles. The lowest BCUT2D eigenvalue weighted by Crippen LogP contribution is -2.45. The number of sulfone groups is 1. The second kappa shape index (κ2) is 10.5. The Morgan fingerprint density at radius 3 is 2.11 bits per heavy atom. The maximum atomic E-state index is 13.2. The molecule has 9 heteroatoms. The van der Waals surface area contributed by atoms with E-state index < -0.39 is 27.5 Å². The average Bonchev–Trinajstić information content (AvgIpc) is 2.96. The normalized spacial score (nSPS) is 16.7. The van der Waals surface area contributed by atoms with Crippen molar-refractivity contribution in [1.29, 1.82) is 0 Å². The molecule has 4 rings (SSSR count). The van der Waals surface area contributed by atoms with Crippen LogP contribution in [0.15, 0.2) is 71.6 Å². The number of benzene rings is 3. The monoisotopic (exact) mass is 508 g/mol. The maximum Gasteiger partial charge on any atom is 0.245 e. The fourth-order valence-electron chi connectivity index (χ4n) is 4.15. The van der Waals surface area contributed by atoms with E-state index >= 15 is 0 Å². The minimum absolute atomic E-state index is 0.0102. The number of Topliss-reactive ketones (excluding diaryl/α,β-unsaturated/α-hetero) is 1. The van der Waals surface area contributed by atoms with Crippen LogP contribution >= 0.6 is 0 Å². The lowest BCUT2D eigenvalue weighted by Gasteiger charge is -2.24. The van der Waals surface area contributed by atoms with E-state index in [0.717, 1.165) is 16.9 Å². The van der Waals surface area contributed by atoms with Crippen molar-refractivity contribution in [3.63, 3.8) is 0 Å². The molecule has 3 aromatic rings. The minimum atomic E-state index is -3.83. The van der Waals surface area contributed by atoms with Gasteiger partial charge >= 0.3 is 0 Å². The average molecular weight is 509 g/mol. The predicted octanol–water partition coefficient (Wildman–Crippen LogP) is 3.17. The number of ether oxygens (including phenoxy) is 2. The predicted molar refractivity (Wildman–Crippen MR) is 136 cm³/mol. The number of nitrogens with two attached hydrogens (primary N) is 1. The molecule has 0 spiro atoms. The number of hydrogen-bond acceptors (Lipinski definition) is 7. The van der Waals surface area contributed by atoms with Crippen molar-refractivity contribution < 1.29 is 27.5 Å². The molecule has 0 saturated carbocycles. The Bertz CT molecular complexity index is 1370. The van der Waals surface area contributed by atoms with Crippen LogP contribution in [-0.2, 0) is 27.6 Å². The van der Waals surface area contributed by atoms with Crippen molar-refractivity contribution in [3.8, 4) is 11.5 Å². The van der Waals surface area contributed by atoms with Crippen molar-refractivity contribution in [3.05, 3.63) is 83.4 Å². The molecule has 1 aliphatic heterocycles. The van der Waals surface area contributed by atoms with Gasteiger partial charge in [-0.05, 0) is 60.0 Å². The van der Waals surface area contributed by atoms with Crippen LogP contribution in [0.5, 0.6) is 11.5 Å². The Balaban J connectivity index is 1.65. The molecule has 0 bridgehead atoms. The van der Waals surface area contributed by atoms with Gasteiger partial charge in [-0.3, -0.25) is 9.59 Å². The third kappa shape index (κ3) is 5.42. The number of hydrogen-bond donors (Lipinski definition) is 1. The SMILES string of the molecule is COc1ccc(CCC(=O)c2ccc3c(c2)N(Cc2ccc(OC)cc2)C(=O)[C@@H](N)CS3(=O)=O)cc1. The van der Waals surface area contributed by atoms with Crippen LogP contribution in [0.1, 0.15) is 27.9 Å². The number of amides is 1. The van der Waals surface area contributed by atoms with Gasteiger partial charge in [0.25, 0.3) is 0 Å². The molecule has 0 unspecified atom stereocenters. The highest BCUT2D eigenvalue weighted by Gasteiger charge is 2.36. The van der Waals surface area contributed by atoms with E-state index in [0.29, 0.717) is 17.7 Å². The third-order valence-electron chi connectivity index (χ3n) is 6.19. The lowest BCUT2D eigenvalue weighted by molar-refractivity contribution is -0.119. The zero-order valence-electron chi connectivity index (χ0n) is 20.1. The van der Waals surface area contributed by atoms with E-state index in [1.54, 1.807) is 38.5 Å². The second-order valence-electron chi connectivity index (χ2n) is 8.61. The molecule has 0 aliphatic carbocycles. The summed E-state index contributed by atoms with van der Waals surface area (Å²) in [4.78, 5) is 27.6. The first kappa shape index (κ1) is 25.4. The number of anilines is 1. The molecule has 1 aliphatic rings. The van der Waals surface area contributed by atoms with Crippen molar-refractivity contribution >= 4 is 27.2 Å². The lowest BCUT2D eigenvalue weighted by atomic mass is 10.0. The Morgan fingerprint density at radius 2 is 1.53 bits per heavy atom. The summed E-state index contributed by atoms with van der Waals surface area (Å²) in [6.45, 7) is 0.0997. The zero-order valence-corrected chi connectivity index (χ0v) is 21.0. The Hall–Kier alpha value is -3.69. The summed E-state index contributed by atoms with van der Waals surface area (Å²) in [6.07, 6.45) is 0.737. The third-order valence-corrected chi connectivity index (χ3v) is 8.00. The topological polar surface area (TPSA) is 116 Å². The smallest absolute Gasteiger partial charge is 0.245 e. The summed E-state index contributed by atoms with van der Waals surface area (Å²) < 4.78 is 36.4. The molecule has 1 atom stereocenters. The first-order valence-electron chi connectivity index (χ1n) is 11.4. The first-order chi connectivity index (χ1) is 17.2. The largest absolute Gasteiger partial charge is 0.497 e. The molecule has 8 nitrogen and oxygen atoms in total. The molecular formula is C27H28N2O6S. The number of methoxy groups -OCH3 is 2. The van der Waals surface area contributed by atoms with E-state index in [-0.39, 0.29) is 29.3 Å². The molecule has 1 amide bonds. The molecule has 188 valence electrons. The van der Waals surface area contributed by atoms with Crippen LogP contribution in [-0.4, -0.2) is 46.1 Å². The summed E-state index contributed by atoms with van der Waals surface area (Å²) in [5.74, 6) is 0.220. The van der Waals surface area contributed by atoms with Gasteiger partial charge in [0, 0.05) is 12.0 Å². The fraction of sp³-hybridized carbons (Fsp3) is 0.259. The number of carbonyl (C=O) groups excluding carboxylic acids is 2.